The van der Waals surface area contributed by atoms with Crippen molar-refractivity contribution in [1.82, 2.24) is 9.55 Å². The molecule has 0 saturated carbocycles. The molecule has 1 aliphatic heterocycles. The van der Waals surface area contributed by atoms with E-state index in [-0.39, 0.29) is 12.6 Å². The van der Waals surface area contributed by atoms with Crippen LogP contribution in [0, 0.1) is 0 Å². The lowest BCUT2D eigenvalue weighted by molar-refractivity contribution is -0.140. The molecule has 1 saturated heterocycles. The molecule has 1 aliphatic rings. The van der Waals surface area contributed by atoms with Crippen LogP contribution < -0.4 is 11.2 Å². The summed E-state index contributed by atoms with van der Waals surface area (Å²) in [6.07, 6.45) is -9.67. The normalized spacial score (nSPS) is 31.5. The average molecular weight is 340 g/mol. The summed E-state index contributed by atoms with van der Waals surface area (Å²) in [7, 11) is 0. The lowest BCUT2D eigenvalue weighted by Gasteiger charge is -2.28. The van der Waals surface area contributed by atoms with E-state index in [0.29, 0.717) is 4.57 Å². The maximum absolute atomic E-state index is 12.8. The number of rotatable bonds is 3. The first-order chi connectivity index (χ1) is 10.6. The number of nitrogens with one attached hydrogen (secondary N) is 1. The molecule has 0 aromatic carbocycles. The Hall–Kier alpha value is -1.69. The smallest absolute Gasteiger partial charge is 0.394 e. The van der Waals surface area contributed by atoms with E-state index in [0.717, 1.165) is 0 Å². The molecule has 0 bridgehead atoms. The van der Waals surface area contributed by atoms with Crippen molar-refractivity contribution in [2.75, 3.05) is 6.61 Å². The zero-order valence-electron chi connectivity index (χ0n) is 11.9. The molecular weight excluding hydrogens is 325 g/mol. The minimum Gasteiger partial charge on any atom is -0.394 e. The summed E-state index contributed by atoms with van der Waals surface area (Å²) >= 11 is 0. The number of hydrogen-bond acceptors (Lipinski definition) is 6. The first-order valence-electron chi connectivity index (χ1n) is 6.65. The van der Waals surface area contributed by atoms with Crippen LogP contribution in [-0.4, -0.2) is 49.3 Å². The maximum atomic E-state index is 12.8. The highest BCUT2D eigenvalue weighted by molar-refractivity contribution is 5.11. The van der Waals surface area contributed by atoms with Gasteiger partial charge in [-0.25, -0.2) is 4.79 Å². The van der Waals surface area contributed by atoms with Crippen LogP contribution in [0.25, 0.3) is 0 Å². The topological polar surface area (TPSA) is 125 Å². The zero-order valence-corrected chi connectivity index (χ0v) is 11.9. The second-order valence-corrected chi connectivity index (χ2v) is 5.19. The van der Waals surface area contributed by atoms with Crippen molar-refractivity contribution in [2.45, 2.75) is 43.6 Å². The second kappa shape index (κ2) is 5.74. The molecule has 23 heavy (non-hydrogen) atoms. The van der Waals surface area contributed by atoms with Crippen LogP contribution in [0.3, 0.4) is 0 Å². The molecule has 0 amide bonds. The SMILES string of the molecule is CC[C@@]1(O)[C@@H](CO)O[C@@H](n2cc(C(F)(F)F)c(=O)[nH]c2=O)[C@@H]1O. The van der Waals surface area contributed by atoms with Crippen molar-refractivity contribution >= 4 is 0 Å². The molecular formula is C12H15F3N2O6. The average Bonchev–Trinajstić information content (AvgIpc) is 2.71. The number of alkyl halides is 3. The molecule has 0 unspecified atom stereocenters. The summed E-state index contributed by atoms with van der Waals surface area (Å²) in [6.45, 7) is 0.747. The fourth-order valence-corrected chi connectivity index (χ4v) is 2.53. The minimum absolute atomic E-state index is 0.0832. The highest BCUT2D eigenvalue weighted by Crippen LogP contribution is 2.38. The van der Waals surface area contributed by atoms with Crippen LogP contribution in [-0.2, 0) is 10.9 Å². The largest absolute Gasteiger partial charge is 0.423 e. The van der Waals surface area contributed by atoms with Gasteiger partial charge in [0, 0.05) is 6.20 Å². The van der Waals surface area contributed by atoms with Gasteiger partial charge in [-0.15, -0.1) is 0 Å². The lowest BCUT2D eigenvalue weighted by atomic mass is 9.89. The van der Waals surface area contributed by atoms with E-state index in [1.165, 1.54) is 11.9 Å². The number of aliphatic hydroxyl groups excluding tert-OH is 2. The first-order valence-corrected chi connectivity index (χ1v) is 6.65. The molecule has 1 fully saturated rings. The van der Waals surface area contributed by atoms with Gasteiger partial charge in [-0.3, -0.25) is 14.3 Å². The summed E-state index contributed by atoms with van der Waals surface area (Å²) in [6, 6.07) is 0. The molecule has 130 valence electrons. The Labute approximate surface area is 126 Å². The monoisotopic (exact) mass is 340 g/mol. The van der Waals surface area contributed by atoms with E-state index >= 15 is 0 Å². The zero-order chi connectivity index (χ0) is 17.6. The molecule has 4 atom stereocenters. The fraction of sp³-hybridized carbons (Fsp3) is 0.667. The van der Waals surface area contributed by atoms with Gasteiger partial charge in [0.15, 0.2) is 6.23 Å². The molecule has 0 radical (unpaired) electrons. The molecule has 2 rings (SSSR count). The number of halogens is 3. The lowest BCUT2D eigenvalue weighted by Crippen LogP contribution is -2.49. The molecule has 1 aromatic rings. The number of hydrogen-bond donors (Lipinski definition) is 4. The van der Waals surface area contributed by atoms with Crippen molar-refractivity contribution < 1.29 is 33.2 Å². The third-order valence-corrected chi connectivity index (χ3v) is 3.92. The van der Waals surface area contributed by atoms with Crippen LogP contribution in [0.2, 0.25) is 0 Å². The van der Waals surface area contributed by atoms with Crippen LogP contribution in [0.4, 0.5) is 13.2 Å². The van der Waals surface area contributed by atoms with Crippen molar-refractivity contribution in [3.05, 3.63) is 32.6 Å². The number of aromatic nitrogens is 2. The third kappa shape index (κ3) is 2.80. The van der Waals surface area contributed by atoms with E-state index in [1.807, 2.05) is 0 Å². The van der Waals surface area contributed by atoms with Gasteiger partial charge in [0.05, 0.1) is 6.61 Å². The van der Waals surface area contributed by atoms with Gasteiger partial charge in [-0.05, 0) is 6.42 Å². The highest BCUT2D eigenvalue weighted by atomic mass is 19.4. The minimum atomic E-state index is -5.02. The van der Waals surface area contributed by atoms with E-state index in [1.54, 1.807) is 0 Å². The molecule has 11 heteroatoms. The van der Waals surface area contributed by atoms with E-state index in [4.69, 9.17) is 4.74 Å². The summed E-state index contributed by atoms with van der Waals surface area (Å²) in [5, 5.41) is 29.6. The predicted octanol–water partition coefficient (Wildman–Crippen LogP) is -1.05. The number of ether oxygens (including phenoxy) is 1. The Morgan fingerprint density at radius 1 is 1.43 bits per heavy atom. The van der Waals surface area contributed by atoms with Gasteiger partial charge < -0.3 is 20.1 Å². The van der Waals surface area contributed by atoms with Gasteiger partial charge in [-0.2, -0.15) is 13.2 Å². The van der Waals surface area contributed by atoms with Crippen LogP contribution in [0.5, 0.6) is 0 Å². The number of nitrogens with zero attached hydrogens (tertiary/aromatic N) is 1. The standard InChI is InChI=1S/C12H15F3N2O6/c1-2-11(22)6(4-18)23-9(7(11)19)17-3-5(12(13,14)15)8(20)16-10(17)21/h3,6-7,9,18-19,22H,2,4H2,1H3,(H,16,20,21)/t6-,7+,9-,11-/m1/s1. The molecule has 4 N–H and O–H groups in total. The molecule has 0 spiro atoms. The van der Waals surface area contributed by atoms with Gasteiger partial charge >= 0.3 is 11.9 Å². The Kier molecular flexibility index (Phi) is 4.41. The summed E-state index contributed by atoms with van der Waals surface area (Å²) in [5.74, 6) is 0. The highest BCUT2D eigenvalue weighted by Gasteiger charge is 2.55. The maximum Gasteiger partial charge on any atom is 0.423 e. The van der Waals surface area contributed by atoms with E-state index < -0.39 is 53.6 Å². The Bertz CT molecular complexity index is 699. The third-order valence-electron chi connectivity index (χ3n) is 3.92. The van der Waals surface area contributed by atoms with Crippen LogP contribution in [0.1, 0.15) is 25.1 Å². The summed E-state index contributed by atoms with van der Waals surface area (Å²) < 4.78 is 43.8. The van der Waals surface area contributed by atoms with Crippen molar-refractivity contribution in [2.24, 2.45) is 0 Å². The first kappa shape index (κ1) is 17.7. The molecule has 0 aliphatic carbocycles. The van der Waals surface area contributed by atoms with Gasteiger partial charge in [0.25, 0.3) is 5.56 Å². The van der Waals surface area contributed by atoms with Crippen molar-refractivity contribution in [3.63, 3.8) is 0 Å². The second-order valence-electron chi connectivity index (χ2n) is 5.19. The van der Waals surface area contributed by atoms with Crippen molar-refractivity contribution in [1.29, 1.82) is 0 Å². The summed E-state index contributed by atoms with van der Waals surface area (Å²) in [4.78, 5) is 24.5. The Balaban J connectivity index is 2.55. The van der Waals surface area contributed by atoms with Crippen LogP contribution in [0.15, 0.2) is 15.8 Å². The Morgan fingerprint density at radius 3 is 2.48 bits per heavy atom. The number of aromatic amines is 1. The van der Waals surface area contributed by atoms with Gasteiger partial charge in [0.1, 0.15) is 23.4 Å². The molecule has 1 aromatic heterocycles. The summed E-state index contributed by atoms with van der Waals surface area (Å²) in [5.41, 5.74) is -6.48. The van der Waals surface area contributed by atoms with E-state index in [9.17, 15) is 38.1 Å². The quantitative estimate of drug-likeness (QED) is 0.556. The predicted molar refractivity (Wildman–Crippen MR) is 68.6 cm³/mol. The Morgan fingerprint density at radius 2 is 2.04 bits per heavy atom. The molecule has 8 nitrogen and oxygen atoms in total. The number of aliphatic hydroxyl groups is 3. The van der Waals surface area contributed by atoms with Crippen molar-refractivity contribution in [3.8, 4) is 0 Å². The van der Waals surface area contributed by atoms with Gasteiger partial charge in [-0.1, -0.05) is 6.92 Å². The number of H-pyrrole nitrogens is 1. The van der Waals surface area contributed by atoms with Gasteiger partial charge in [0.2, 0.25) is 0 Å². The van der Waals surface area contributed by atoms with Crippen LogP contribution >= 0.6 is 0 Å². The molecule has 2 heterocycles. The van der Waals surface area contributed by atoms with E-state index in [2.05, 4.69) is 0 Å². The fourth-order valence-electron chi connectivity index (χ4n) is 2.53.